The van der Waals surface area contributed by atoms with Gasteiger partial charge in [-0.25, -0.2) is 0 Å². The summed E-state index contributed by atoms with van der Waals surface area (Å²) in [7, 11) is 0. The molecule has 0 aromatic heterocycles. The quantitative estimate of drug-likeness (QED) is 0.116. The van der Waals surface area contributed by atoms with Crippen LogP contribution in [0.25, 0.3) is 0 Å². The molecule has 4 saturated carbocycles. The van der Waals surface area contributed by atoms with E-state index < -0.39 is 116 Å². The van der Waals surface area contributed by atoms with Crippen LogP contribution in [0.2, 0.25) is 0 Å². The standard InChI is InChI=1S/C47H76O17/c1-22-30(51)36(63-38-34(55)33(54)32(53)26(19-48)61-38)35(56)39(60-22)64-37-31(52)25(50)20-59-40(37)62-29-11-12-43(4)27(44(29,5)21-49)10-13-46(7)28(43)9-8-23-24-18-42(2,3)14-16-47(24,41(57)58)17-15-45(23,46)6/h8,22,24-40,48-56H,9-21H2,1-7H3,(H,57,58)/t22?,24-,25?,26?,27+,28-,29?,30?,31?,32?,33?,34?,35?,36?,37?,38+,39+,40-,43+,44+,45+,46-,47+/m0/s1. The first-order valence-corrected chi connectivity index (χ1v) is 23.7. The molecule has 3 heterocycles. The summed E-state index contributed by atoms with van der Waals surface area (Å²) in [4.78, 5) is 13.1. The summed E-state index contributed by atoms with van der Waals surface area (Å²) in [5, 5.41) is 108. The Bertz CT molecular complexity index is 1750. The molecule has 17 heteroatoms. The fourth-order valence-corrected chi connectivity index (χ4v) is 14.8. The van der Waals surface area contributed by atoms with Crippen molar-refractivity contribution in [2.75, 3.05) is 19.8 Å². The minimum Gasteiger partial charge on any atom is -0.481 e. The summed E-state index contributed by atoms with van der Waals surface area (Å²) >= 11 is 0. The maximum atomic E-state index is 13.1. The zero-order valence-electron chi connectivity index (χ0n) is 38.5. The molecule has 23 atom stereocenters. The van der Waals surface area contributed by atoms with Gasteiger partial charge in [-0.05, 0) is 111 Å². The lowest BCUT2D eigenvalue weighted by Gasteiger charge is -2.71. The van der Waals surface area contributed by atoms with Crippen molar-refractivity contribution < 1.29 is 84.3 Å². The van der Waals surface area contributed by atoms with Gasteiger partial charge in [0.2, 0.25) is 0 Å². The molecule has 12 unspecified atom stereocenters. The summed E-state index contributed by atoms with van der Waals surface area (Å²) in [5.41, 5.74) is -0.609. The van der Waals surface area contributed by atoms with Crippen LogP contribution in [0.15, 0.2) is 11.6 Å². The highest BCUT2D eigenvalue weighted by Crippen LogP contribution is 2.76. The lowest BCUT2D eigenvalue weighted by atomic mass is 9.33. The van der Waals surface area contributed by atoms with E-state index in [2.05, 4.69) is 40.7 Å². The molecular formula is C47H76O17. The summed E-state index contributed by atoms with van der Waals surface area (Å²) in [6, 6.07) is 0. The van der Waals surface area contributed by atoms with Crippen LogP contribution in [-0.2, 0) is 33.2 Å². The van der Waals surface area contributed by atoms with Crippen molar-refractivity contribution in [1.29, 1.82) is 0 Å². The van der Waals surface area contributed by atoms with Gasteiger partial charge in [0.25, 0.3) is 0 Å². The van der Waals surface area contributed by atoms with Crippen molar-refractivity contribution in [3.63, 3.8) is 0 Å². The molecule has 0 aromatic carbocycles. The second kappa shape index (κ2) is 17.2. The molecule has 64 heavy (non-hydrogen) atoms. The Kier molecular flexibility index (Phi) is 13.2. The molecule has 7 fully saturated rings. The van der Waals surface area contributed by atoms with Crippen LogP contribution < -0.4 is 0 Å². The van der Waals surface area contributed by atoms with Crippen molar-refractivity contribution in [3.8, 4) is 0 Å². The molecule has 3 saturated heterocycles. The molecular weight excluding hydrogens is 837 g/mol. The van der Waals surface area contributed by atoms with Crippen LogP contribution in [-0.4, -0.2) is 169 Å². The SMILES string of the molecule is CC1O[C@H](OC2C(O)C(O)CO[C@H]2OC2CC[C@]3(C)[C@@H](CC[C@@]4(C)[C@H]3CC=C3[C@@H]5CC(C)(C)CC[C@@]5(C(=O)O)CC[C@]34C)[C@@]2(C)CO)C(O)C(O[C@H]2OC(CO)C(O)C(O)C2O)C1O. The van der Waals surface area contributed by atoms with E-state index >= 15 is 0 Å². The Morgan fingerprint density at radius 1 is 0.719 bits per heavy atom. The number of hydrogen-bond donors (Lipinski definition) is 10. The topological polar surface area (TPSA) is 275 Å². The van der Waals surface area contributed by atoms with E-state index in [0.29, 0.717) is 19.3 Å². The molecule has 3 aliphatic heterocycles. The average Bonchev–Trinajstić information content (AvgIpc) is 3.24. The van der Waals surface area contributed by atoms with E-state index in [1.165, 1.54) is 12.5 Å². The van der Waals surface area contributed by atoms with E-state index in [1.54, 1.807) is 0 Å². The van der Waals surface area contributed by atoms with E-state index in [4.69, 9.17) is 28.4 Å². The maximum Gasteiger partial charge on any atom is 0.310 e. The Labute approximate surface area is 376 Å². The van der Waals surface area contributed by atoms with Crippen molar-refractivity contribution >= 4 is 5.97 Å². The number of hydrogen-bond acceptors (Lipinski definition) is 16. The highest BCUT2D eigenvalue weighted by molar-refractivity contribution is 5.76. The van der Waals surface area contributed by atoms with Gasteiger partial charge in [-0.3, -0.25) is 4.79 Å². The summed E-state index contributed by atoms with van der Waals surface area (Å²) in [6.45, 7) is 14.1. The van der Waals surface area contributed by atoms with Crippen LogP contribution in [0.3, 0.4) is 0 Å². The highest BCUT2D eigenvalue weighted by Gasteiger charge is 2.70. The van der Waals surface area contributed by atoms with Crippen LogP contribution in [0.1, 0.15) is 113 Å². The van der Waals surface area contributed by atoms with Crippen molar-refractivity contribution in [2.45, 2.75) is 205 Å². The first-order chi connectivity index (χ1) is 29.9. The predicted molar refractivity (Wildman–Crippen MR) is 225 cm³/mol. The maximum absolute atomic E-state index is 13.1. The van der Waals surface area contributed by atoms with Gasteiger partial charge in [-0.2, -0.15) is 0 Å². The van der Waals surface area contributed by atoms with Gasteiger partial charge in [0, 0.05) is 5.41 Å². The highest BCUT2D eigenvalue weighted by atomic mass is 16.8. The van der Waals surface area contributed by atoms with E-state index in [-0.39, 0.29) is 52.6 Å². The van der Waals surface area contributed by atoms with Gasteiger partial charge in [-0.15, -0.1) is 0 Å². The molecule has 0 spiro atoms. The number of aliphatic hydroxyl groups excluding tert-OH is 9. The molecule has 5 aliphatic carbocycles. The lowest BCUT2D eigenvalue weighted by Crippen LogP contribution is -2.67. The van der Waals surface area contributed by atoms with E-state index in [9.17, 15) is 55.9 Å². The monoisotopic (exact) mass is 913 g/mol. The zero-order chi connectivity index (χ0) is 46.7. The predicted octanol–water partition coefficient (Wildman–Crippen LogP) is 1.35. The molecule has 0 amide bonds. The van der Waals surface area contributed by atoms with Crippen molar-refractivity contribution in [2.24, 2.45) is 50.2 Å². The second-order valence-electron chi connectivity index (χ2n) is 22.9. The first-order valence-electron chi connectivity index (χ1n) is 23.7. The van der Waals surface area contributed by atoms with Gasteiger partial charge in [0.15, 0.2) is 18.9 Å². The third-order valence-corrected chi connectivity index (χ3v) is 19.1. The molecule has 17 nitrogen and oxygen atoms in total. The van der Waals surface area contributed by atoms with Crippen LogP contribution in [0, 0.1) is 50.2 Å². The summed E-state index contributed by atoms with van der Waals surface area (Å²) < 4.78 is 36.1. The molecule has 366 valence electrons. The summed E-state index contributed by atoms with van der Waals surface area (Å²) in [5.74, 6) is -0.391. The van der Waals surface area contributed by atoms with Gasteiger partial charge in [0.1, 0.15) is 61.0 Å². The van der Waals surface area contributed by atoms with Gasteiger partial charge >= 0.3 is 5.97 Å². The normalized spacial score (nSPS) is 55.0. The number of rotatable bonds is 9. The van der Waals surface area contributed by atoms with E-state index in [0.717, 1.165) is 44.9 Å². The number of aliphatic carboxylic acids is 1. The third-order valence-electron chi connectivity index (χ3n) is 19.1. The molecule has 8 rings (SSSR count). The Hall–Kier alpha value is -1.39. The molecule has 10 N–H and O–H groups in total. The van der Waals surface area contributed by atoms with Crippen LogP contribution >= 0.6 is 0 Å². The molecule has 0 aromatic rings. The van der Waals surface area contributed by atoms with Crippen LogP contribution in [0.5, 0.6) is 0 Å². The zero-order valence-corrected chi connectivity index (χ0v) is 38.5. The number of fused-ring (bicyclic) bond motifs is 7. The number of carboxylic acids is 1. The fourth-order valence-electron chi connectivity index (χ4n) is 14.8. The lowest BCUT2D eigenvalue weighted by molar-refractivity contribution is -0.383. The van der Waals surface area contributed by atoms with Crippen LogP contribution in [0.4, 0.5) is 0 Å². The fraction of sp³-hybridized carbons (Fsp3) is 0.936. The Balaban J connectivity index is 1.01. The second-order valence-corrected chi connectivity index (χ2v) is 22.9. The number of carboxylic acid groups (broad SMARTS) is 1. The Morgan fingerprint density at radius 2 is 1.39 bits per heavy atom. The summed E-state index contributed by atoms with van der Waals surface area (Å²) in [6.07, 6.45) is -11.9. The number of allylic oxidation sites excluding steroid dienone is 2. The molecule has 0 radical (unpaired) electrons. The number of ether oxygens (including phenoxy) is 6. The number of aliphatic hydroxyl groups is 9. The first kappa shape index (κ1) is 49.0. The van der Waals surface area contributed by atoms with Gasteiger partial charge in [0.05, 0.1) is 37.4 Å². The van der Waals surface area contributed by atoms with Gasteiger partial charge < -0.3 is 79.5 Å². The van der Waals surface area contributed by atoms with E-state index in [1.807, 2.05) is 6.92 Å². The molecule has 8 aliphatic rings. The minimum atomic E-state index is -1.82. The smallest absolute Gasteiger partial charge is 0.310 e. The average molecular weight is 913 g/mol. The minimum absolute atomic E-state index is 0.00330. The third kappa shape index (κ3) is 7.49. The molecule has 0 bridgehead atoms. The largest absolute Gasteiger partial charge is 0.481 e. The van der Waals surface area contributed by atoms with Gasteiger partial charge in [-0.1, -0.05) is 53.2 Å². The Morgan fingerprint density at radius 3 is 2.06 bits per heavy atom. The van der Waals surface area contributed by atoms with Crippen molar-refractivity contribution in [3.05, 3.63) is 11.6 Å². The van der Waals surface area contributed by atoms with Crippen molar-refractivity contribution in [1.82, 2.24) is 0 Å². The number of carbonyl (C=O) groups is 1.